The summed E-state index contributed by atoms with van der Waals surface area (Å²) in [5.41, 5.74) is 1.55. The Kier molecular flexibility index (Phi) is 5.48. The molecule has 21 heavy (non-hydrogen) atoms. The molecule has 1 aromatic carbocycles. The first-order valence-corrected chi connectivity index (χ1v) is 7.85. The van der Waals surface area contributed by atoms with E-state index in [4.69, 9.17) is 9.47 Å². The SMILES string of the molecule is CCC1(CC)CNCCN1Cc1ccc(OC)c(OC)c1. The van der Waals surface area contributed by atoms with Crippen LogP contribution < -0.4 is 14.8 Å². The smallest absolute Gasteiger partial charge is 0.161 e. The molecule has 0 bridgehead atoms. The van der Waals surface area contributed by atoms with Crippen LogP contribution in [0.3, 0.4) is 0 Å². The van der Waals surface area contributed by atoms with Gasteiger partial charge in [0.05, 0.1) is 14.2 Å². The fraction of sp³-hybridized carbons (Fsp3) is 0.647. The Morgan fingerprint density at radius 1 is 1.14 bits per heavy atom. The molecule has 0 aromatic heterocycles. The summed E-state index contributed by atoms with van der Waals surface area (Å²) in [6, 6.07) is 6.23. The van der Waals surface area contributed by atoms with Gasteiger partial charge in [-0.2, -0.15) is 0 Å². The van der Waals surface area contributed by atoms with Crippen molar-refractivity contribution >= 4 is 0 Å². The van der Waals surface area contributed by atoms with Crippen molar-refractivity contribution < 1.29 is 9.47 Å². The van der Waals surface area contributed by atoms with Crippen molar-refractivity contribution in [3.8, 4) is 11.5 Å². The molecule has 0 atom stereocenters. The van der Waals surface area contributed by atoms with Gasteiger partial charge in [0.25, 0.3) is 0 Å². The lowest BCUT2D eigenvalue weighted by molar-refractivity contribution is 0.0447. The Labute approximate surface area is 128 Å². The van der Waals surface area contributed by atoms with Gasteiger partial charge in [-0.1, -0.05) is 19.9 Å². The van der Waals surface area contributed by atoms with E-state index in [0.29, 0.717) is 0 Å². The molecule has 0 spiro atoms. The van der Waals surface area contributed by atoms with Gasteiger partial charge in [0, 0.05) is 31.7 Å². The third-order valence-corrected chi connectivity index (χ3v) is 4.82. The number of nitrogens with one attached hydrogen (secondary N) is 1. The summed E-state index contributed by atoms with van der Waals surface area (Å²) >= 11 is 0. The van der Waals surface area contributed by atoms with Crippen molar-refractivity contribution in [2.24, 2.45) is 0 Å². The predicted octanol–water partition coefficient (Wildman–Crippen LogP) is 2.67. The molecule has 0 aliphatic carbocycles. The van der Waals surface area contributed by atoms with Crippen molar-refractivity contribution in [3.63, 3.8) is 0 Å². The fourth-order valence-electron chi connectivity index (χ4n) is 3.28. The summed E-state index contributed by atoms with van der Waals surface area (Å²) in [6.07, 6.45) is 2.34. The molecule has 1 heterocycles. The molecule has 0 amide bonds. The number of hydrogen-bond acceptors (Lipinski definition) is 4. The summed E-state index contributed by atoms with van der Waals surface area (Å²) in [6.45, 7) is 8.78. The van der Waals surface area contributed by atoms with Gasteiger partial charge >= 0.3 is 0 Å². The quantitative estimate of drug-likeness (QED) is 0.874. The number of benzene rings is 1. The second kappa shape index (κ2) is 7.14. The molecule has 0 saturated carbocycles. The van der Waals surface area contributed by atoms with Gasteiger partial charge in [-0.3, -0.25) is 4.90 Å². The van der Waals surface area contributed by atoms with E-state index in [9.17, 15) is 0 Å². The zero-order valence-electron chi connectivity index (χ0n) is 13.7. The highest BCUT2D eigenvalue weighted by Crippen LogP contribution is 2.31. The molecule has 1 fully saturated rings. The molecule has 118 valence electrons. The highest BCUT2D eigenvalue weighted by atomic mass is 16.5. The third kappa shape index (κ3) is 3.33. The maximum atomic E-state index is 5.41. The van der Waals surface area contributed by atoms with Gasteiger partial charge in [0.1, 0.15) is 0 Å². The molecule has 1 aliphatic heterocycles. The van der Waals surface area contributed by atoms with Gasteiger partial charge < -0.3 is 14.8 Å². The highest BCUT2D eigenvalue weighted by molar-refractivity contribution is 5.42. The Morgan fingerprint density at radius 3 is 2.48 bits per heavy atom. The van der Waals surface area contributed by atoms with E-state index in [2.05, 4.69) is 36.2 Å². The second-order valence-corrected chi connectivity index (χ2v) is 5.72. The molecule has 2 rings (SSSR count). The van der Waals surface area contributed by atoms with Crippen molar-refractivity contribution in [1.82, 2.24) is 10.2 Å². The van der Waals surface area contributed by atoms with E-state index in [1.807, 2.05) is 6.07 Å². The number of methoxy groups -OCH3 is 2. The van der Waals surface area contributed by atoms with Crippen LogP contribution in [0.4, 0.5) is 0 Å². The van der Waals surface area contributed by atoms with E-state index in [-0.39, 0.29) is 5.54 Å². The second-order valence-electron chi connectivity index (χ2n) is 5.72. The zero-order valence-corrected chi connectivity index (χ0v) is 13.7. The van der Waals surface area contributed by atoms with Gasteiger partial charge in [0.2, 0.25) is 0 Å². The molecule has 1 aliphatic rings. The average molecular weight is 292 g/mol. The Morgan fingerprint density at radius 2 is 1.86 bits per heavy atom. The summed E-state index contributed by atoms with van der Waals surface area (Å²) in [5.74, 6) is 1.60. The first kappa shape index (κ1) is 16.1. The minimum absolute atomic E-state index is 0.269. The van der Waals surface area contributed by atoms with Crippen LogP contribution in [0, 0.1) is 0 Å². The molecule has 0 unspecified atom stereocenters. The van der Waals surface area contributed by atoms with Gasteiger partial charge in [-0.25, -0.2) is 0 Å². The monoisotopic (exact) mass is 292 g/mol. The first-order chi connectivity index (χ1) is 10.2. The Balaban J connectivity index is 2.19. The summed E-state index contributed by atoms with van der Waals surface area (Å²) in [5, 5.41) is 3.55. The van der Waals surface area contributed by atoms with E-state index in [0.717, 1.165) is 37.7 Å². The Bertz CT molecular complexity index is 458. The summed E-state index contributed by atoms with van der Waals surface area (Å²) in [4.78, 5) is 2.62. The summed E-state index contributed by atoms with van der Waals surface area (Å²) < 4.78 is 10.7. The molecular formula is C17H28N2O2. The zero-order chi connectivity index (χ0) is 15.3. The fourth-order valence-corrected chi connectivity index (χ4v) is 3.28. The minimum Gasteiger partial charge on any atom is -0.493 e. The predicted molar refractivity (Wildman–Crippen MR) is 86.1 cm³/mol. The van der Waals surface area contributed by atoms with Crippen LogP contribution in [-0.2, 0) is 6.54 Å². The van der Waals surface area contributed by atoms with Gasteiger partial charge in [0.15, 0.2) is 11.5 Å². The van der Waals surface area contributed by atoms with E-state index in [1.54, 1.807) is 14.2 Å². The maximum absolute atomic E-state index is 5.41. The summed E-state index contributed by atoms with van der Waals surface area (Å²) in [7, 11) is 3.36. The normalized spacial score (nSPS) is 18.5. The minimum atomic E-state index is 0.269. The molecule has 4 nitrogen and oxygen atoms in total. The van der Waals surface area contributed by atoms with Crippen LogP contribution in [0.2, 0.25) is 0 Å². The largest absolute Gasteiger partial charge is 0.493 e. The van der Waals surface area contributed by atoms with Crippen LogP contribution in [0.15, 0.2) is 18.2 Å². The highest BCUT2D eigenvalue weighted by Gasteiger charge is 2.35. The van der Waals surface area contributed by atoms with Crippen LogP contribution in [0.25, 0.3) is 0 Å². The van der Waals surface area contributed by atoms with Crippen LogP contribution in [0.5, 0.6) is 11.5 Å². The van der Waals surface area contributed by atoms with Gasteiger partial charge in [-0.05, 0) is 30.5 Å². The third-order valence-electron chi connectivity index (χ3n) is 4.82. The number of ether oxygens (including phenoxy) is 2. The van der Waals surface area contributed by atoms with Crippen LogP contribution >= 0.6 is 0 Å². The van der Waals surface area contributed by atoms with Crippen molar-refractivity contribution in [1.29, 1.82) is 0 Å². The van der Waals surface area contributed by atoms with E-state index >= 15 is 0 Å². The number of rotatable bonds is 6. The average Bonchev–Trinajstić information content (AvgIpc) is 2.55. The molecule has 0 radical (unpaired) electrons. The maximum Gasteiger partial charge on any atom is 0.161 e. The molecular weight excluding hydrogens is 264 g/mol. The standard InChI is InChI=1S/C17H28N2O2/c1-5-17(6-2)13-18-9-10-19(17)12-14-7-8-15(20-3)16(11-14)21-4/h7-8,11,18H,5-6,9-10,12-13H2,1-4H3. The molecule has 1 N–H and O–H groups in total. The van der Waals surface area contributed by atoms with Gasteiger partial charge in [-0.15, -0.1) is 0 Å². The van der Waals surface area contributed by atoms with E-state index < -0.39 is 0 Å². The first-order valence-electron chi connectivity index (χ1n) is 7.85. The lowest BCUT2D eigenvalue weighted by Crippen LogP contribution is -2.60. The topological polar surface area (TPSA) is 33.7 Å². The Hall–Kier alpha value is -1.26. The lowest BCUT2D eigenvalue weighted by atomic mass is 9.88. The number of hydrogen-bond donors (Lipinski definition) is 1. The van der Waals surface area contributed by atoms with Crippen molar-refractivity contribution in [3.05, 3.63) is 23.8 Å². The van der Waals surface area contributed by atoms with E-state index in [1.165, 1.54) is 18.4 Å². The van der Waals surface area contributed by atoms with Crippen molar-refractivity contribution in [2.45, 2.75) is 38.8 Å². The lowest BCUT2D eigenvalue weighted by Gasteiger charge is -2.47. The molecule has 1 saturated heterocycles. The molecule has 1 aromatic rings. The van der Waals surface area contributed by atoms with Crippen molar-refractivity contribution in [2.75, 3.05) is 33.9 Å². The number of piperazine rings is 1. The van der Waals surface area contributed by atoms with Crippen LogP contribution in [0.1, 0.15) is 32.3 Å². The number of nitrogens with zero attached hydrogens (tertiary/aromatic N) is 1. The van der Waals surface area contributed by atoms with Crippen LogP contribution in [-0.4, -0.2) is 44.3 Å². The molecule has 4 heteroatoms.